The number of likely N-dealkylation sites (tertiary alicyclic amines) is 1. The van der Waals surface area contributed by atoms with E-state index in [4.69, 9.17) is 4.74 Å². The Morgan fingerprint density at radius 2 is 2.04 bits per heavy atom. The number of carbonyl (C=O) groups excluding carboxylic acids is 1. The van der Waals surface area contributed by atoms with Crippen molar-refractivity contribution in [1.29, 1.82) is 0 Å². The van der Waals surface area contributed by atoms with E-state index >= 15 is 0 Å². The van der Waals surface area contributed by atoms with Crippen LogP contribution in [0.15, 0.2) is 12.3 Å². The maximum absolute atomic E-state index is 13.4. The van der Waals surface area contributed by atoms with Crippen LogP contribution in [0.1, 0.15) is 47.4 Å². The number of nitrogens with zero attached hydrogens (tertiary/aromatic N) is 4. The Balaban J connectivity index is 1.50. The van der Waals surface area contributed by atoms with Gasteiger partial charge >= 0.3 is 0 Å². The van der Waals surface area contributed by atoms with Crippen molar-refractivity contribution in [3.05, 3.63) is 29.2 Å². The second kappa shape index (κ2) is 5.27. The fraction of sp³-hybridized carbons (Fsp3) is 0.632. The number of hydrogen-bond acceptors (Lipinski definition) is 4. The van der Waals surface area contributed by atoms with Crippen LogP contribution in [-0.2, 0) is 4.74 Å². The molecule has 6 nitrogen and oxygen atoms in total. The van der Waals surface area contributed by atoms with E-state index in [1.807, 2.05) is 19.9 Å². The first kappa shape index (κ1) is 15.3. The first-order valence-electron chi connectivity index (χ1n) is 9.30. The van der Waals surface area contributed by atoms with Crippen molar-refractivity contribution in [3.63, 3.8) is 0 Å². The zero-order chi connectivity index (χ0) is 17.2. The molecule has 5 rings (SSSR count). The van der Waals surface area contributed by atoms with Gasteiger partial charge in [-0.05, 0) is 45.4 Å². The third-order valence-electron chi connectivity index (χ3n) is 6.43. The Kier molecular flexibility index (Phi) is 3.23. The zero-order valence-electron chi connectivity index (χ0n) is 14.9. The molecule has 0 aromatic carbocycles. The molecule has 0 bridgehead atoms. The first-order valence-corrected chi connectivity index (χ1v) is 9.30. The maximum atomic E-state index is 13.4. The SMILES string of the molecule is Cc1nc2ccnn2c(C)c1C(=O)N1CC2(CCOCC2)C1C1CC1. The number of ether oxygens (including phenoxy) is 1. The summed E-state index contributed by atoms with van der Waals surface area (Å²) in [6.07, 6.45) is 6.42. The van der Waals surface area contributed by atoms with E-state index in [1.54, 1.807) is 10.7 Å². The van der Waals surface area contributed by atoms with Crippen LogP contribution in [0, 0.1) is 25.2 Å². The van der Waals surface area contributed by atoms with Crippen molar-refractivity contribution in [2.75, 3.05) is 19.8 Å². The molecular weight excluding hydrogens is 316 g/mol. The van der Waals surface area contributed by atoms with E-state index in [2.05, 4.69) is 15.0 Å². The lowest BCUT2D eigenvalue weighted by Crippen LogP contribution is -2.68. The quantitative estimate of drug-likeness (QED) is 0.842. The summed E-state index contributed by atoms with van der Waals surface area (Å²) in [5.74, 6) is 0.812. The molecule has 0 radical (unpaired) electrons. The summed E-state index contributed by atoms with van der Waals surface area (Å²) in [5.41, 5.74) is 3.51. The van der Waals surface area contributed by atoms with Gasteiger partial charge in [-0.3, -0.25) is 4.79 Å². The van der Waals surface area contributed by atoms with Gasteiger partial charge in [-0.2, -0.15) is 5.10 Å². The number of fused-ring (bicyclic) bond motifs is 1. The smallest absolute Gasteiger partial charge is 0.257 e. The Bertz CT molecular complexity index is 848. The van der Waals surface area contributed by atoms with Crippen LogP contribution >= 0.6 is 0 Å². The Morgan fingerprint density at radius 1 is 1.28 bits per heavy atom. The van der Waals surface area contributed by atoms with Gasteiger partial charge in [-0.15, -0.1) is 0 Å². The van der Waals surface area contributed by atoms with E-state index in [-0.39, 0.29) is 5.91 Å². The van der Waals surface area contributed by atoms with Gasteiger partial charge in [0.2, 0.25) is 0 Å². The molecule has 2 aromatic heterocycles. The van der Waals surface area contributed by atoms with Gasteiger partial charge in [-0.1, -0.05) is 0 Å². The number of carbonyl (C=O) groups is 1. The van der Waals surface area contributed by atoms with Crippen LogP contribution in [0.4, 0.5) is 0 Å². The van der Waals surface area contributed by atoms with Crippen LogP contribution in [0.5, 0.6) is 0 Å². The molecule has 25 heavy (non-hydrogen) atoms. The number of amides is 1. The monoisotopic (exact) mass is 340 g/mol. The standard InChI is InChI=1S/C19H24N4O2/c1-12-16(13(2)23-15(21-12)5-8-20-23)18(24)22-11-19(6-9-25-10-7-19)17(22)14-3-4-14/h5,8,14,17H,3-4,6-7,9-11H2,1-2H3. The summed E-state index contributed by atoms with van der Waals surface area (Å²) in [6, 6.07) is 2.26. The van der Waals surface area contributed by atoms with E-state index < -0.39 is 0 Å². The van der Waals surface area contributed by atoms with Crippen LogP contribution in [0.25, 0.3) is 5.65 Å². The molecule has 3 fully saturated rings. The van der Waals surface area contributed by atoms with Crippen molar-refractivity contribution in [2.24, 2.45) is 11.3 Å². The molecule has 1 unspecified atom stereocenters. The summed E-state index contributed by atoms with van der Waals surface area (Å²) in [6.45, 7) is 6.45. The molecule has 132 valence electrons. The van der Waals surface area contributed by atoms with Crippen LogP contribution in [0.2, 0.25) is 0 Å². The molecule has 0 N–H and O–H groups in total. The lowest BCUT2D eigenvalue weighted by Gasteiger charge is -2.59. The fourth-order valence-corrected chi connectivity index (χ4v) is 5.03. The molecule has 1 saturated carbocycles. The van der Waals surface area contributed by atoms with Crippen molar-refractivity contribution in [2.45, 2.75) is 45.6 Å². The third kappa shape index (κ3) is 2.16. The molecule has 4 heterocycles. The second-order valence-electron chi connectivity index (χ2n) is 7.95. The molecular formula is C19H24N4O2. The minimum absolute atomic E-state index is 0.133. The molecule has 6 heteroatoms. The summed E-state index contributed by atoms with van der Waals surface area (Å²) in [4.78, 5) is 20.1. The number of rotatable bonds is 2. The number of aryl methyl sites for hydroxylation is 2. The average Bonchev–Trinajstić information content (AvgIpc) is 3.28. The van der Waals surface area contributed by atoms with Crippen molar-refractivity contribution >= 4 is 11.6 Å². The number of hydrogen-bond donors (Lipinski definition) is 0. The Hall–Kier alpha value is -1.95. The van der Waals surface area contributed by atoms with Crippen LogP contribution in [0.3, 0.4) is 0 Å². The maximum Gasteiger partial charge on any atom is 0.257 e. The molecule has 1 spiro atoms. The Labute approximate surface area is 147 Å². The minimum atomic E-state index is 0.133. The van der Waals surface area contributed by atoms with Crippen LogP contribution in [-0.4, -0.2) is 51.2 Å². The van der Waals surface area contributed by atoms with Gasteiger partial charge in [0.05, 0.1) is 23.1 Å². The molecule has 1 aliphatic carbocycles. The lowest BCUT2D eigenvalue weighted by molar-refractivity contribution is -0.120. The van der Waals surface area contributed by atoms with E-state index in [1.165, 1.54) is 12.8 Å². The zero-order valence-corrected chi connectivity index (χ0v) is 14.9. The van der Waals surface area contributed by atoms with E-state index in [9.17, 15) is 4.79 Å². The van der Waals surface area contributed by atoms with Gasteiger partial charge in [0.15, 0.2) is 5.65 Å². The normalized spacial score (nSPS) is 25.4. The fourth-order valence-electron chi connectivity index (χ4n) is 5.03. The number of aromatic nitrogens is 3. The largest absolute Gasteiger partial charge is 0.381 e. The van der Waals surface area contributed by atoms with Crippen LogP contribution < -0.4 is 0 Å². The predicted molar refractivity (Wildman–Crippen MR) is 92.5 cm³/mol. The van der Waals surface area contributed by atoms with Crippen molar-refractivity contribution < 1.29 is 9.53 Å². The second-order valence-corrected chi connectivity index (χ2v) is 7.95. The molecule has 2 saturated heterocycles. The van der Waals surface area contributed by atoms with Gasteiger partial charge in [0, 0.05) is 37.3 Å². The third-order valence-corrected chi connectivity index (χ3v) is 6.43. The van der Waals surface area contributed by atoms with Gasteiger partial charge in [0.25, 0.3) is 5.91 Å². The topological polar surface area (TPSA) is 59.7 Å². The average molecular weight is 340 g/mol. The highest BCUT2D eigenvalue weighted by molar-refractivity contribution is 5.97. The highest BCUT2D eigenvalue weighted by Crippen LogP contribution is 2.55. The van der Waals surface area contributed by atoms with Gasteiger partial charge < -0.3 is 9.64 Å². The highest BCUT2D eigenvalue weighted by atomic mass is 16.5. The van der Waals surface area contributed by atoms with E-state index in [0.717, 1.165) is 55.2 Å². The van der Waals surface area contributed by atoms with Gasteiger partial charge in [-0.25, -0.2) is 9.50 Å². The summed E-state index contributed by atoms with van der Waals surface area (Å²) in [5, 5.41) is 4.32. The van der Waals surface area contributed by atoms with Gasteiger partial charge in [0.1, 0.15) is 0 Å². The summed E-state index contributed by atoms with van der Waals surface area (Å²) in [7, 11) is 0. The predicted octanol–water partition coefficient (Wildman–Crippen LogP) is 2.38. The van der Waals surface area contributed by atoms with Crippen molar-refractivity contribution in [1.82, 2.24) is 19.5 Å². The molecule has 1 atom stereocenters. The lowest BCUT2D eigenvalue weighted by atomic mass is 9.64. The molecule has 1 amide bonds. The van der Waals surface area contributed by atoms with Crippen molar-refractivity contribution in [3.8, 4) is 0 Å². The molecule has 2 aliphatic heterocycles. The summed E-state index contributed by atoms with van der Waals surface area (Å²) < 4.78 is 7.36. The molecule has 2 aromatic rings. The Morgan fingerprint density at radius 3 is 2.76 bits per heavy atom. The van der Waals surface area contributed by atoms with E-state index in [0.29, 0.717) is 17.4 Å². The highest BCUT2D eigenvalue weighted by Gasteiger charge is 2.59. The summed E-state index contributed by atoms with van der Waals surface area (Å²) >= 11 is 0. The minimum Gasteiger partial charge on any atom is -0.381 e. The first-order chi connectivity index (χ1) is 12.1. The molecule has 3 aliphatic rings.